The number of hydrogen-bond donors (Lipinski definition) is 1. The summed E-state index contributed by atoms with van der Waals surface area (Å²) in [4.78, 5) is 44.3. The van der Waals surface area contributed by atoms with Crippen LogP contribution in [0.1, 0.15) is 37.8 Å². The van der Waals surface area contributed by atoms with Gasteiger partial charge in [0.15, 0.2) is 6.04 Å². The first-order valence-corrected chi connectivity index (χ1v) is 12.5. The number of aromatic nitrogens is 3. The summed E-state index contributed by atoms with van der Waals surface area (Å²) in [5.41, 5.74) is 3.42. The zero-order valence-electron chi connectivity index (χ0n) is 21.8. The fourth-order valence-electron chi connectivity index (χ4n) is 4.47. The molecule has 0 spiro atoms. The van der Waals surface area contributed by atoms with E-state index in [1.165, 1.54) is 0 Å². The highest BCUT2D eigenvalue weighted by Crippen LogP contribution is 2.44. The lowest BCUT2D eigenvalue weighted by Crippen LogP contribution is -2.50. The van der Waals surface area contributed by atoms with Crippen LogP contribution in [-0.2, 0) is 14.3 Å². The molecule has 4 aromatic rings. The molecule has 39 heavy (non-hydrogen) atoms. The number of hydrogen-bond acceptors (Lipinski definition) is 8. The minimum atomic E-state index is -1.28. The normalized spacial score (nSPS) is 13.4. The Kier molecular flexibility index (Phi) is 7.12. The van der Waals surface area contributed by atoms with Crippen LogP contribution in [0.25, 0.3) is 22.0 Å². The van der Waals surface area contributed by atoms with Gasteiger partial charge in [0, 0.05) is 5.92 Å². The minimum absolute atomic E-state index is 0.0668. The van der Waals surface area contributed by atoms with Crippen molar-refractivity contribution in [3.05, 3.63) is 94.3 Å². The molecular weight excluding hydrogens is 500 g/mol. The van der Waals surface area contributed by atoms with Crippen molar-refractivity contribution in [3.8, 4) is 11.1 Å². The number of ether oxygens (including phenoxy) is 2. The van der Waals surface area contributed by atoms with Crippen molar-refractivity contribution in [2.45, 2.75) is 38.3 Å². The lowest BCUT2D eigenvalue weighted by molar-refractivity contribution is -0.152. The Morgan fingerprint density at radius 2 is 1.56 bits per heavy atom. The quantitative estimate of drug-likeness (QED) is 0.362. The van der Waals surface area contributed by atoms with Crippen LogP contribution in [0.3, 0.4) is 0 Å². The Bertz CT molecular complexity index is 1550. The van der Waals surface area contributed by atoms with E-state index in [0.717, 1.165) is 22.3 Å². The number of benzene rings is 3. The zero-order valence-corrected chi connectivity index (χ0v) is 21.8. The summed E-state index contributed by atoms with van der Waals surface area (Å²) in [5.74, 6) is -1.11. The second-order valence-corrected chi connectivity index (χ2v) is 10.1. The van der Waals surface area contributed by atoms with Crippen LogP contribution in [0.5, 0.6) is 0 Å². The standard InChI is InChI=1S/C29H28N4O6/c1-29(2,3)38-17-25(27(35)39-33-26(34)22-14-8-9-15-24(22)31-32-33)30-28(36)37-16-23-20-12-6-4-10-18(20)19-11-5-7-13-21(19)23/h4-15,23,25H,16-17H2,1-3H3,(H,30,36)/t25-/m1/s1. The summed E-state index contributed by atoms with van der Waals surface area (Å²) in [6, 6.07) is 21.2. The number of carbonyl (C=O) groups is 2. The first-order valence-electron chi connectivity index (χ1n) is 12.5. The molecule has 1 aliphatic rings. The first kappa shape index (κ1) is 26.1. The van der Waals surface area contributed by atoms with Crippen molar-refractivity contribution >= 4 is 23.0 Å². The third-order valence-corrected chi connectivity index (χ3v) is 6.32. The van der Waals surface area contributed by atoms with Gasteiger partial charge in [0.1, 0.15) is 12.1 Å². The fraction of sp³-hybridized carbons (Fsp3) is 0.276. The third kappa shape index (κ3) is 5.65. The maximum Gasteiger partial charge on any atom is 0.407 e. The smallest absolute Gasteiger partial charge is 0.407 e. The molecule has 0 saturated heterocycles. The molecular formula is C29H28N4O6. The van der Waals surface area contributed by atoms with Crippen molar-refractivity contribution in [3.63, 3.8) is 0 Å². The van der Waals surface area contributed by atoms with Crippen LogP contribution in [0.15, 0.2) is 77.6 Å². The molecule has 1 heterocycles. The summed E-state index contributed by atoms with van der Waals surface area (Å²) >= 11 is 0. The van der Waals surface area contributed by atoms with Gasteiger partial charge < -0.3 is 19.6 Å². The molecule has 1 aromatic heterocycles. The van der Waals surface area contributed by atoms with Gasteiger partial charge in [-0.2, -0.15) is 0 Å². The van der Waals surface area contributed by atoms with Crippen LogP contribution in [-0.4, -0.2) is 52.1 Å². The van der Waals surface area contributed by atoms with Gasteiger partial charge in [0.05, 0.1) is 17.6 Å². The maximum absolute atomic E-state index is 13.0. The van der Waals surface area contributed by atoms with E-state index in [0.29, 0.717) is 10.4 Å². The summed E-state index contributed by atoms with van der Waals surface area (Å²) < 4.78 is 11.3. The van der Waals surface area contributed by atoms with Crippen LogP contribution in [0, 0.1) is 0 Å². The second kappa shape index (κ2) is 10.7. The first-order chi connectivity index (χ1) is 18.7. The molecule has 1 N–H and O–H groups in total. The highest BCUT2D eigenvalue weighted by atomic mass is 16.7. The van der Waals surface area contributed by atoms with Gasteiger partial charge in [-0.25, -0.2) is 9.59 Å². The van der Waals surface area contributed by atoms with E-state index < -0.39 is 29.3 Å². The lowest BCUT2D eigenvalue weighted by atomic mass is 9.98. The Labute approximate surface area is 224 Å². The lowest BCUT2D eigenvalue weighted by Gasteiger charge is -2.24. The highest BCUT2D eigenvalue weighted by molar-refractivity contribution is 5.82. The monoisotopic (exact) mass is 528 g/mol. The molecule has 0 bridgehead atoms. The van der Waals surface area contributed by atoms with Crippen molar-refractivity contribution in [1.82, 2.24) is 20.5 Å². The molecule has 10 heteroatoms. The van der Waals surface area contributed by atoms with Gasteiger partial charge in [-0.3, -0.25) is 4.79 Å². The summed E-state index contributed by atoms with van der Waals surface area (Å²) in [7, 11) is 0. The Hall–Kier alpha value is -4.57. The fourth-order valence-corrected chi connectivity index (χ4v) is 4.47. The van der Waals surface area contributed by atoms with E-state index in [2.05, 4.69) is 15.6 Å². The van der Waals surface area contributed by atoms with Gasteiger partial charge in [0.25, 0.3) is 0 Å². The number of carbonyl (C=O) groups excluding carboxylic acids is 2. The molecule has 0 radical (unpaired) electrons. The van der Waals surface area contributed by atoms with Crippen molar-refractivity contribution in [2.75, 3.05) is 13.2 Å². The molecule has 1 aliphatic carbocycles. The van der Waals surface area contributed by atoms with E-state index in [9.17, 15) is 14.4 Å². The van der Waals surface area contributed by atoms with Gasteiger partial charge in [-0.15, -0.1) is 5.10 Å². The van der Waals surface area contributed by atoms with Crippen molar-refractivity contribution < 1.29 is 23.9 Å². The van der Waals surface area contributed by atoms with E-state index in [1.54, 1.807) is 24.3 Å². The molecule has 0 unspecified atom stereocenters. The summed E-state index contributed by atoms with van der Waals surface area (Å²) in [5, 5.41) is 10.3. The number of alkyl carbamates (subject to hydrolysis) is 1. The van der Waals surface area contributed by atoms with E-state index in [4.69, 9.17) is 14.3 Å². The van der Waals surface area contributed by atoms with E-state index >= 15 is 0 Å². The number of rotatable bonds is 7. The number of nitrogens with one attached hydrogen (secondary N) is 1. The topological polar surface area (TPSA) is 122 Å². The average Bonchev–Trinajstić information content (AvgIpc) is 3.24. The Balaban J connectivity index is 1.30. The maximum atomic E-state index is 13.0. The van der Waals surface area contributed by atoms with E-state index in [1.807, 2.05) is 69.3 Å². The summed E-state index contributed by atoms with van der Waals surface area (Å²) in [6.45, 7) is 5.27. The van der Waals surface area contributed by atoms with Gasteiger partial charge in [-0.1, -0.05) is 60.7 Å². The molecule has 1 atom stereocenters. The number of fused-ring (bicyclic) bond motifs is 4. The van der Waals surface area contributed by atoms with Crippen molar-refractivity contribution in [1.29, 1.82) is 0 Å². The SMILES string of the molecule is CC(C)(C)OC[C@@H](NC(=O)OCC1c2ccccc2-c2ccccc21)C(=O)On1nnc2ccccc2c1=O. The van der Waals surface area contributed by atoms with Gasteiger partial charge in [0.2, 0.25) is 0 Å². The molecule has 5 rings (SSSR count). The number of amides is 1. The molecule has 200 valence electrons. The molecule has 0 fully saturated rings. The molecule has 3 aromatic carbocycles. The van der Waals surface area contributed by atoms with Crippen LogP contribution < -0.4 is 15.7 Å². The predicted octanol–water partition coefficient (Wildman–Crippen LogP) is 3.47. The molecule has 1 amide bonds. The molecule has 10 nitrogen and oxygen atoms in total. The van der Waals surface area contributed by atoms with Gasteiger partial charge in [-0.05, 0) is 65.2 Å². The molecule has 0 aliphatic heterocycles. The highest BCUT2D eigenvalue weighted by Gasteiger charge is 2.31. The second-order valence-electron chi connectivity index (χ2n) is 10.1. The zero-order chi connectivity index (χ0) is 27.6. The Morgan fingerprint density at radius 3 is 2.23 bits per heavy atom. The van der Waals surface area contributed by atoms with Crippen molar-refractivity contribution in [2.24, 2.45) is 0 Å². The average molecular weight is 529 g/mol. The van der Waals surface area contributed by atoms with Crippen LogP contribution >= 0.6 is 0 Å². The van der Waals surface area contributed by atoms with Crippen LogP contribution in [0.4, 0.5) is 4.79 Å². The Morgan fingerprint density at radius 1 is 0.949 bits per heavy atom. The predicted molar refractivity (Wildman–Crippen MR) is 143 cm³/mol. The number of nitrogens with zero attached hydrogens (tertiary/aromatic N) is 3. The van der Waals surface area contributed by atoms with E-state index in [-0.39, 0.29) is 24.5 Å². The summed E-state index contributed by atoms with van der Waals surface area (Å²) in [6.07, 6.45) is -0.826. The minimum Gasteiger partial charge on any atom is -0.449 e. The molecule has 0 saturated carbocycles. The largest absolute Gasteiger partial charge is 0.449 e. The van der Waals surface area contributed by atoms with Gasteiger partial charge >= 0.3 is 17.6 Å². The van der Waals surface area contributed by atoms with Crippen LogP contribution in [0.2, 0.25) is 0 Å². The third-order valence-electron chi connectivity index (χ3n) is 6.32.